The fraction of sp³-hybridized carbons (Fsp3) is 0.800. The predicted molar refractivity (Wildman–Crippen MR) is 82.0 cm³/mol. The first-order valence-electron chi connectivity index (χ1n) is 8.32. The summed E-state index contributed by atoms with van der Waals surface area (Å²) in [4.78, 5) is 30.0. The van der Waals surface area contributed by atoms with Gasteiger partial charge in [-0.2, -0.15) is 18.2 Å². The second kappa shape index (κ2) is 5.93. The smallest absolute Gasteiger partial charge is 0.353 e. The predicted octanol–water partition coefficient (Wildman–Crippen LogP) is 2.36. The van der Waals surface area contributed by atoms with Crippen molar-refractivity contribution >= 4 is 5.95 Å². The number of alkyl halides is 3. The van der Waals surface area contributed by atoms with E-state index in [2.05, 4.69) is 15.3 Å². The number of nitrogens with one attached hydrogen (secondary N) is 2. The van der Waals surface area contributed by atoms with E-state index in [1.807, 2.05) is 6.92 Å². The van der Waals surface area contributed by atoms with E-state index in [-0.39, 0.29) is 29.4 Å². The number of aromatic amines is 1. The van der Waals surface area contributed by atoms with Crippen LogP contribution in [0.1, 0.15) is 51.9 Å². The Bertz CT molecular complexity index is 683. The molecule has 1 aromatic heterocycles. The first kappa shape index (κ1) is 17.0. The lowest BCUT2D eigenvalue weighted by molar-refractivity contribution is -0.181. The standard InChI is InChI=1S/C15H21F3N4O2/c1-9(10-5-3-2-4-6-10)19-11-20-12(23)22(13(24)21-11)14(7-8-14)15(16,17)18/h9-10H,2-8H2,1H3,(H2,19,20,21,23,24)/t9-/m0/s1. The number of aromatic nitrogens is 3. The van der Waals surface area contributed by atoms with Gasteiger partial charge in [0, 0.05) is 6.04 Å². The molecule has 0 amide bonds. The van der Waals surface area contributed by atoms with Gasteiger partial charge >= 0.3 is 17.6 Å². The lowest BCUT2D eigenvalue weighted by atomic mass is 9.85. The Kier molecular flexibility index (Phi) is 4.21. The summed E-state index contributed by atoms with van der Waals surface area (Å²) >= 11 is 0. The van der Waals surface area contributed by atoms with Crippen molar-refractivity contribution in [2.75, 3.05) is 5.32 Å². The Hall–Kier alpha value is -1.80. The van der Waals surface area contributed by atoms with Crippen LogP contribution in [0.5, 0.6) is 0 Å². The Morgan fingerprint density at radius 3 is 2.38 bits per heavy atom. The average Bonchev–Trinajstić information content (AvgIpc) is 3.28. The second-order valence-corrected chi connectivity index (χ2v) is 6.87. The molecule has 2 N–H and O–H groups in total. The zero-order valence-electron chi connectivity index (χ0n) is 13.4. The first-order valence-corrected chi connectivity index (χ1v) is 8.32. The van der Waals surface area contributed by atoms with E-state index in [0.29, 0.717) is 5.92 Å². The topological polar surface area (TPSA) is 79.8 Å². The largest absolute Gasteiger partial charge is 0.412 e. The molecule has 3 rings (SSSR count). The lowest BCUT2D eigenvalue weighted by Crippen LogP contribution is -2.50. The Labute approximate surface area is 136 Å². The van der Waals surface area contributed by atoms with Gasteiger partial charge in [-0.15, -0.1) is 0 Å². The normalized spacial score (nSPS) is 22.2. The average molecular weight is 346 g/mol. The third-order valence-corrected chi connectivity index (χ3v) is 5.23. The van der Waals surface area contributed by atoms with Crippen molar-refractivity contribution < 1.29 is 13.2 Å². The third kappa shape index (κ3) is 2.95. The van der Waals surface area contributed by atoms with Crippen LogP contribution in [0.4, 0.5) is 19.1 Å². The summed E-state index contributed by atoms with van der Waals surface area (Å²) in [5.74, 6) is 0.341. The highest BCUT2D eigenvalue weighted by Crippen LogP contribution is 2.53. The molecule has 0 saturated heterocycles. The Balaban J connectivity index is 1.83. The van der Waals surface area contributed by atoms with Gasteiger partial charge in [0.2, 0.25) is 5.95 Å². The molecule has 1 atom stereocenters. The Morgan fingerprint density at radius 2 is 1.88 bits per heavy atom. The fourth-order valence-corrected chi connectivity index (χ4v) is 3.58. The van der Waals surface area contributed by atoms with Crippen molar-refractivity contribution in [1.29, 1.82) is 0 Å². The van der Waals surface area contributed by atoms with Gasteiger partial charge < -0.3 is 5.32 Å². The van der Waals surface area contributed by atoms with Gasteiger partial charge in [0.05, 0.1) is 0 Å². The lowest BCUT2D eigenvalue weighted by Gasteiger charge is -2.28. The van der Waals surface area contributed by atoms with Gasteiger partial charge in [-0.05, 0) is 38.5 Å². The molecule has 0 unspecified atom stereocenters. The van der Waals surface area contributed by atoms with E-state index in [9.17, 15) is 22.8 Å². The summed E-state index contributed by atoms with van der Waals surface area (Å²) in [6.45, 7) is 1.93. The molecule has 2 aliphatic rings. The van der Waals surface area contributed by atoms with E-state index >= 15 is 0 Å². The van der Waals surface area contributed by atoms with Crippen molar-refractivity contribution in [3.63, 3.8) is 0 Å². The van der Waals surface area contributed by atoms with Crippen LogP contribution in [-0.2, 0) is 5.54 Å². The van der Waals surface area contributed by atoms with Crippen LogP contribution < -0.4 is 16.7 Å². The quantitative estimate of drug-likeness (QED) is 0.877. The van der Waals surface area contributed by atoms with Crippen LogP contribution in [-0.4, -0.2) is 26.8 Å². The van der Waals surface area contributed by atoms with Crippen LogP contribution in [0.25, 0.3) is 0 Å². The molecular weight excluding hydrogens is 325 g/mol. The molecule has 2 fully saturated rings. The van der Waals surface area contributed by atoms with Crippen LogP contribution in [0, 0.1) is 5.92 Å². The fourth-order valence-electron chi connectivity index (χ4n) is 3.58. The molecule has 1 heterocycles. The summed E-state index contributed by atoms with van der Waals surface area (Å²) in [7, 11) is 0. The summed E-state index contributed by atoms with van der Waals surface area (Å²) in [6.07, 6.45) is 0.383. The van der Waals surface area contributed by atoms with E-state index in [4.69, 9.17) is 0 Å². The van der Waals surface area contributed by atoms with Crippen molar-refractivity contribution in [3.05, 3.63) is 21.0 Å². The zero-order valence-corrected chi connectivity index (χ0v) is 13.4. The molecule has 6 nitrogen and oxygen atoms in total. The van der Waals surface area contributed by atoms with Crippen LogP contribution in [0.15, 0.2) is 9.59 Å². The highest BCUT2D eigenvalue weighted by Gasteiger charge is 2.66. The highest BCUT2D eigenvalue weighted by molar-refractivity contribution is 5.24. The number of rotatable bonds is 4. The molecule has 2 aliphatic carbocycles. The van der Waals surface area contributed by atoms with Crippen molar-refractivity contribution in [3.8, 4) is 0 Å². The first-order chi connectivity index (χ1) is 11.2. The molecule has 0 aromatic carbocycles. The molecule has 134 valence electrons. The molecular formula is C15H21F3N4O2. The monoisotopic (exact) mass is 346 g/mol. The van der Waals surface area contributed by atoms with Crippen molar-refractivity contribution in [1.82, 2.24) is 14.5 Å². The maximum absolute atomic E-state index is 13.1. The van der Waals surface area contributed by atoms with Gasteiger partial charge in [-0.1, -0.05) is 19.3 Å². The van der Waals surface area contributed by atoms with Crippen LogP contribution >= 0.6 is 0 Å². The van der Waals surface area contributed by atoms with Gasteiger partial charge in [-0.25, -0.2) is 14.2 Å². The Morgan fingerprint density at radius 1 is 1.25 bits per heavy atom. The number of anilines is 1. The molecule has 0 aliphatic heterocycles. The molecule has 24 heavy (non-hydrogen) atoms. The van der Waals surface area contributed by atoms with Gasteiger partial charge in [-0.3, -0.25) is 4.98 Å². The van der Waals surface area contributed by atoms with Gasteiger partial charge in [0.1, 0.15) is 5.54 Å². The molecule has 9 heteroatoms. The molecule has 0 bridgehead atoms. The summed E-state index contributed by atoms with van der Waals surface area (Å²) < 4.78 is 39.6. The molecule has 0 radical (unpaired) electrons. The summed E-state index contributed by atoms with van der Waals surface area (Å²) in [6, 6.07) is -0.0128. The SMILES string of the molecule is C[C@H](Nc1nc(=O)n(C2(C(F)(F)F)CC2)c(=O)[nH]1)C1CCCCC1. The maximum Gasteiger partial charge on any atom is 0.412 e. The number of H-pyrrole nitrogens is 1. The van der Waals surface area contributed by atoms with Gasteiger partial charge in [0.25, 0.3) is 0 Å². The summed E-state index contributed by atoms with van der Waals surface area (Å²) in [5.41, 5.74) is -4.62. The van der Waals surface area contributed by atoms with E-state index < -0.39 is 23.1 Å². The third-order valence-electron chi connectivity index (χ3n) is 5.23. The van der Waals surface area contributed by atoms with E-state index in [0.717, 1.165) is 25.7 Å². The van der Waals surface area contributed by atoms with E-state index in [1.54, 1.807) is 0 Å². The zero-order chi connectivity index (χ0) is 17.5. The number of hydrogen-bond acceptors (Lipinski definition) is 4. The molecule has 2 saturated carbocycles. The number of hydrogen-bond donors (Lipinski definition) is 2. The maximum atomic E-state index is 13.1. The minimum Gasteiger partial charge on any atom is -0.353 e. The molecule has 0 spiro atoms. The summed E-state index contributed by atoms with van der Waals surface area (Å²) in [5, 5.41) is 2.97. The minimum atomic E-state index is -4.64. The van der Waals surface area contributed by atoms with Crippen molar-refractivity contribution in [2.45, 2.75) is 69.6 Å². The number of halogens is 3. The van der Waals surface area contributed by atoms with E-state index in [1.165, 1.54) is 6.42 Å². The van der Waals surface area contributed by atoms with Crippen LogP contribution in [0.2, 0.25) is 0 Å². The van der Waals surface area contributed by atoms with Crippen molar-refractivity contribution in [2.24, 2.45) is 5.92 Å². The minimum absolute atomic E-state index is 0.0128. The highest BCUT2D eigenvalue weighted by atomic mass is 19.4. The second-order valence-electron chi connectivity index (χ2n) is 6.87. The molecule has 1 aromatic rings. The van der Waals surface area contributed by atoms with Gasteiger partial charge in [0.15, 0.2) is 0 Å². The number of nitrogens with zero attached hydrogens (tertiary/aromatic N) is 2. The van der Waals surface area contributed by atoms with Crippen LogP contribution in [0.3, 0.4) is 0 Å².